The number of methoxy groups -OCH3 is 2. The van der Waals surface area contributed by atoms with Crippen molar-refractivity contribution in [3.8, 4) is 0 Å². The quantitative estimate of drug-likeness (QED) is 0.265. The van der Waals surface area contributed by atoms with Crippen LogP contribution in [0.4, 0.5) is 0 Å². The van der Waals surface area contributed by atoms with E-state index in [2.05, 4.69) is 13.8 Å². The molecular formula is C24H46O2. The number of hydrogen-bond acceptors (Lipinski definition) is 2. The van der Waals surface area contributed by atoms with Crippen molar-refractivity contribution in [2.45, 2.75) is 116 Å². The summed E-state index contributed by atoms with van der Waals surface area (Å²) in [6, 6.07) is 0. The molecule has 26 heavy (non-hydrogen) atoms. The standard InChI is InChI=1S/C24H46O2/c1-5-6-7-8-9-10-15-23(21-18-16-20(2)17-19-21)24(25-3,26-4)22-13-11-12-14-22/h20-23H,5-19H2,1-4H3. The summed E-state index contributed by atoms with van der Waals surface area (Å²) in [6.07, 6.45) is 20.4. The molecule has 154 valence electrons. The molecule has 2 aliphatic rings. The zero-order chi connectivity index (χ0) is 18.8. The van der Waals surface area contributed by atoms with Gasteiger partial charge in [-0.1, -0.05) is 78.1 Å². The van der Waals surface area contributed by atoms with Crippen molar-refractivity contribution in [3.63, 3.8) is 0 Å². The highest BCUT2D eigenvalue weighted by molar-refractivity contribution is 4.93. The van der Waals surface area contributed by atoms with Crippen LogP contribution in [0.3, 0.4) is 0 Å². The van der Waals surface area contributed by atoms with Crippen molar-refractivity contribution < 1.29 is 9.47 Å². The Hall–Kier alpha value is -0.0800. The maximum atomic E-state index is 6.29. The van der Waals surface area contributed by atoms with E-state index in [4.69, 9.17) is 9.47 Å². The molecule has 0 heterocycles. The minimum atomic E-state index is -0.328. The molecule has 1 atom stereocenters. The van der Waals surface area contributed by atoms with Gasteiger partial charge in [0.2, 0.25) is 0 Å². The van der Waals surface area contributed by atoms with Gasteiger partial charge in [0.1, 0.15) is 0 Å². The van der Waals surface area contributed by atoms with E-state index in [1.54, 1.807) is 0 Å². The summed E-state index contributed by atoms with van der Waals surface area (Å²) in [6.45, 7) is 4.73. The fourth-order valence-electron chi connectivity index (χ4n) is 5.95. The van der Waals surface area contributed by atoms with Crippen LogP contribution in [0, 0.1) is 23.7 Å². The Kier molecular flexibility index (Phi) is 9.99. The smallest absolute Gasteiger partial charge is 0.173 e. The van der Waals surface area contributed by atoms with E-state index in [0.717, 1.165) is 11.8 Å². The van der Waals surface area contributed by atoms with Gasteiger partial charge < -0.3 is 9.47 Å². The van der Waals surface area contributed by atoms with Crippen molar-refractivity contribution in [2.24, 2.45) is 23.7 Å². The largest absolute Gasteiger partial charge is 0.353 e. The molecule has 2 rings (SSSR count). The summed E-state index contributed by atoms with van der Waals surface area (Å²) < 4.78 is 12.6. The molecule has 0 aliphatic heterocycles. The molecule has 0 aromatic rings. The van der Waals surface area contributed by atoms with Crippen LogP contribution >= 0.6 is 0 Å². The summed E-state index contributed by atoms with van der Waals surface area (Å²) in [7, 11) is 3.84. The van der Waals surface area contributed by atoms with E-state index >= 15 is 0 Å². The second-order valence-electron chi connectivity index (χ2n) is 9.29. The van der Waals surface area contributed by atoms with Crippen LogP contribution in [0.5, 0.6) is 0 Å². The molecule has 0 saturated heterocycles. The van der Waals surface area contributed by atoms with Crippen molar-refractivity contribution in [3.05, 3.63) is 0 Å². The highest BCUT2D eigenvalue weighted by Crippen LogP contribution is 2.49. The normalized spacial score (nSPS) is 26.3. The van der Waals surface area contributed by atoms with Gasteiger partial charge in [0, 0.05) is 26.1 Å². The molecule has 2 saturated carbocycles. The highest BCUT2D eigenvalue weighted by atomic mass is 16.7. The van der Waals surface area contributed by atoms with Gasteiger partial charge in [-0.25, -0.2) is 0 Å². The third kappa shape index (κ3) is 5.71. The zero-order valence-electron chi connectivity index (χ0n) is 18.2. The lowest BCUT2D eigenvalue weighted by molar-refractivity contribution is -0.283. The molecule has 2 fully saturated rings. The lowest BCUT2D eigenvalue weighted by Gasteiger charge is -2.47. The fourth-order valence-corrected chi connectivity index (χ4v) is 5.95. The predicted molar refractivity (Wildman–Crippen MR) is 111 cm³/mol. The lowest BCUT2D eigenvalue weighted by Crippen LogP contribution is -2.51. The Balaban J connectivity index is 2.04. The minimum absolute atomic E-state index is 0.328. The van der Waals surface area contributed by atoms with Crippen molar-refractivity contribution >= 4 is 0 Å². The van der Waals surface area contributed by atoms with Gasteiger partial charge in [0.05, 0.1) is 0 Å². The first-order valence-corrected chi connectivity index (χ1v) is 11.8. The average molecular weight is 367 g/mol. The van der Waals surface area contributed by atoms with Crippen LogP contribution in [-0.4, -0.2) is 20.0 Å². The topological polar surface area (TPSA) is 18.5 Å². The van der Waals surface area contributed by atoms with Crippen LogP contribution < -0.4 is 0 Å². The molecule has 0 aromatic heterocycles. The second-order valence-corrected chi connectivity index (χ2v) is 9.29. The predicted octanol–water partition coefficient (Wildman–Crippen LogP) is 7.36. The van der Waals surface area contributed by atoms with Crippen LogP contribution in [0.1, 0.15) is 110 Å². The van der Waals surface area contributed by atoms with Gasteiger partial charge in [-0.05, 0) is 43.9 Å². The van der Waals surface area contributed by atoms with Crippen LogP contribution in [-0.2, 0) is 9.47 Å². The van der Waals surface area contributed by atoms with Gasteiger partial charge in [-0.3, -0.25) is 0 Å². The summed E-state index contributed by atoms with van der Waals surface area (Å²) >= 11 is 0. The summed E-state index contributed by atoms with van der Waals surface area (Å²) in [5, 5.41) is 0. The molecule has 2 aliphatic carbocycles. The molecule has 0 aromatic carbocycles. The summed E-state index contributed by atoms with van der Waals surface area (Å²) in [5.74, 6) is 2.56. The average Bonchev–Trinajstić information content (AvgIpc) is 3.20. The molecule has 0 bridgehead atoms. The Morgan fingerprint density at radius 1 is 0.808 bits per heavy atom. The molecule has 0 N–H and O–H groups in total. The second kappa shape index (κ2) is 11.7. The molecule has 1 unspecified atom stereocenters. The SMILES string of the molecule is CCCCCCCCC(C1CCC(C)CC1)C(OC)(OC)C1CCCC1. The number of rotatable bonds is 12. The molecule has 0 radical (unpaired) electrons. The first-order chi connectivity index (χ1) is 12.7. The molecule has 2 heteroatoms. The lowest BCUT2D eigenvalue weighted by atomic mass is 9.68. The Morgan fingerprint density at radius 3 is 1.96 bits per heavy atom. The van der Waals surface area contributed by atoms with E-state index in [1.807, 2.05) is 14.2 Å². The number of unbranched alkanes of at least 4 members (excludes halogenated alkanes) is 5. The minimum Gasteiger partial charge on any atom is -0.353 e. The zero-order valence-corrected chi connectivity index (χ0v) is 18.2. The molecular weight excluding hydrogens is 320 g/mol. The first-order valence-electron chi connectivity index (χ1n) is 11.8. The maximum Gasteiger partial charge on any atom is 0.173 e. The summed E-state index contributed by atoms with van der Waals surface area (Å²) in [4.78, 5) is 0. The van der Waals surface area contributed by atoms with Gasteiger partial charge in [-0.15, -0.1) is 0 Å². The van der Waals surface area contributed by atoms with E-state index < -0.39 is 0 Å². The number of hydrogen-bond donors (Lipinski definition) is 0. The Labute approximate surface area is 163 Å². The molecule has 0 spiro atoms. The van der Waals surface area contributed by atoms with E-state index in [1.165, 1.54) is 96.3 Å². The maximum absolute atomic E-state index is 6.29. The monoisotopic (exact) mass is 366 g/mol. The van der Waals surface area contributed by atoms with Gasteiger partial charge in [0.15, 0.2) is 5.79 Å². The van der Waals surface area contributed by atoms with Crippen LogP contribution in [0.25, 0.3) is 0 Å². The Morgan fingerprint density at radius 2 is 1.38 bits per heavy atom. The van der Waals surface area contributed by atoms with Gasteiger partial charge >= 0.3 is 0 Å². The third-order valence-electron chi connectivity index (χ3n) is 7.58. The van der Waals surface area contributed by atoms with Crippen LogP contribution in [0.2, 0.25) is 0 Å². The van der Waals surface area contributed by atoms with Crippen molar-refractivity contribution in [1.82, 2.24) is 0 Å². The van der Waals surface area contributed by atoms with Gasteiger partial charge in [0.25, 0.3) is 0 Å². The third-order valence-corrected chi connectivity index (χ3v) is 7.58. The van der Waals surface area contributed by atoms with E-state index in [-0.39, 0.29) is 5.79 Å². The van der Waals surface area contributed by atoms with E-state index in [9.17, 15) is 0 Å². The van der Waals surface area contributed by atoms with E-state index in [0.29, 0.717) is 11.8 Å². The highest BCUT2D eigenvalue weighted by Gasteiger charge is 2.49. The summed E-state index contributed by atoms with van der Waals surface area (Å²) in [5.41, 5.74) is 0. The number of ether oxygens (including phenoxy) is 2. The van der Waals surface area contributed by atoms with Crippen molar-refractivity contribution in [2.75, 3.05) is 14.2 Å². The van der Waals surface area contributed by atoms with Crippen LogP contribution in [0.15, 0.2) is 0 Å². The van der Waals surface area contributed by atoms with Crippen molar-refractivity contribution in [1.29, 1.82) is 0 Å². The first kappa shape index (κ1) is 22.2. The molecule has 0 amide bonds. The van der Waals surface area contributed by atoms with Gasteiger partial charge in [-0.2, -0.15) is 0 Å². The fraction of sp³-hybridized carbons (Fsp3) is 1.00. The Bertz CT molecular complexity index is 349. The molecule has 2 nitrogen and oxygen atoms in total.